The minimum absolute atomic E-state index is 0.146. The molecule has 3 aromatic rings. The molecular formula is C20H22N6O2. The summed E-state index contributed by atoms with van der Waals surface area (Å²) in [6.45, 7) is 5.35. The first kappa shape index (κ1) is 18.0. The first-order valence-corrected chi connectivity index (χ1v) is 9.21. The molecule has 0 aliphatic carbocycles. The number of aryl methyl sites for hydroxylation is 1. The topological polar surface area (TPSA) is 96.0 Å². The maximum absolute atomic E-state index is 12.5. The first-order valence-electron chi connectivity index (χ1n) is 9.21. The summed E-state index contributed by atoms with van der Waals surface area (Å²) in [7, 11) is 0. The number of benzene rings is 1. The van der Waals surface area contributed by atoms with Gasteiger partial charge in [-0.3, -0.25) is 5.10 Å². The molecule has 4 rings (SSSR count). The molecule has 1 aliphatic rings. The molecule has 8 heteroatoms. The highest BCUT2D eigenvalue weighted by Crippen LogP contribution is 2.27. The quantitative estimate of drug-likeness (QED) is 0.723. The molecule has 1 aliphatic heterocycles. The summed E-state index contributed by atoms with van der Waals surface area (Å²) >= 11 is 0. The molecular weight excluding hydrogens is 356 g/mol. The number of carbonyl (C=O) groups excluding carboxylic acids is 1. The lowest BCUT2D eigenvalue weighted by atomic mass is 10.1. The van der Waals surface area contributed by atoms with Crippen molar-refractivity contribution in [2.45, 2.75) is 26.2 Å². The number of pyridine rings is 1. The summed E-state index contributed by atoms with van der Waals surface area (Å²) in [5.74, 6) is 2.28. The largest absolute Gasteiger partial charge is 0.439 e. The molecule has 1 atom stereocenters. The second-order valence-electron chi connectivity index (χ2n) is 6.92. The molecule has 2 aromatic heterocycles. The van der Waals surface area contributed by atoms with Crippen LogP contribution in [0.25, 0.3) is 0 Å². The molecule has 144 valence electrons. The van der Waals surface area contributed by atoms with E-state index in [1.807, 2.05) is 32.0 Å². The van der Waals surface area contributed by atoms with Crippen LogP contribution in [0.4, 0.5) is 10.5 Å². The Morgan fingerprint density at radius 2 is 2.14 bits per heavy atom. The van der Waals surface area contributed by atoms with Gasteiger partial charge in [-0.15, -0.1) is 0 Å². The van der Waals surface area contributed by atoms with Crippen molar-refractivity contribution in [3.63, 3.8) is 0 Å². The van der Waals surface area contributed by atoms with E-state index in [9.17, 15) is 4.79 Å². The summed E-state index contributed by atoms with van der Waals surface area (Å²) in [5, 5.41) is 9.64. The number of carbonyl (C=O) groups is 1. The van der Waals surface area contributed by atoms with Crippen molar-refractivity contribution in [2.24, 2.45) is 0 Å². The highest BCUT2D eigenvalue weighted by molar-refractivity contribution is 5.89. The van der Waals surface area contributed by atoms with E-state index >= 15 is 0 Å². The third kappa shape index (κ3) is 3.80. The van der Waals surface area contributed by atoms with E-state index in [0.717, 1.165) is 29.1 Å². The molecule has 28 heavy (non-hydrogen) atoms. The van der Waals surface area contributed by atoms with E-state index in [4.69, 9.17) is 4.74 Å². The number of H-pyrrole nitrogens is 1. The number of hydrogen-bond acceptors (Lipinski definition) is 5. The zero-order chi connectivity index (χ0) is 19.5. The molecule has 0 spiro atoms. The summed E-state index contributed by atoms with van der Waals surface area (Å²) in [5.41, 5.74) is 2.87. The predicted molar refractivity (Wildman–Crippen MR) is 105 cm³/mol. The Kier molecular flexibility index (Phi) is 4.92. The lowest BCUT2D eigenvalue weighted by Gasteiger charge is -2.17. The fourth-order valence-electron chi connectivity index (χ4n) is 3.24. The Labute approximate surface area is 163 Å². The number of rotatable bonds is 4. The van der Waals surface area contributed by atoms with Gasteiger partial charge in [0.2, 0.25) is 5.88 Å². The Morgan fingerprint density at radius 1 is 1.25 bits per heavy atom. The molecule has 1 unspecified atom stereocenters. The average Bonchev–Trinajstić information content (AvgIpc) is 3.38. The fraction of sp³-hybridized carbons (Fsp3) is 0.300. The third-order valence-corrected chi connectivity index (χ3v) is 5.05. The number of hydrogen-bond donors (Lipinski definition) is 2. The Bertz CT molecular complexity index is 955. The van der Waals surface area contributed by atoms with Gasteiger partial charge in [-0.2, -0.15) is 5.10 Å². The third-order valence-electron chi connectivity index (χ3n) is 5.05. The van der Waals surface area contributed by atoms with Crippen LogP contribution in [0.15, 0.2) is 42.9 Å². The summed E-state index contributed by atoms with van der Waals surface area (Å²) < 4.78 is 5.85. The molecule has 1 aromatic carbocycles. The molecule has 2 N–H and O–H groups in total. The van der Waals surface area contributed by atoms with Gasteiger partial charge >= 0.3 is 6.03 Å². The highest BCUT2D eigenvalue weighted by Gasteiger charge is 2.29. The van der Waals surface area contributed by atoms with Crippen molar-refractivity contribution in [3.8, 4) is 11.6 Å². The van der Waals surface area contributed by atoms with E-state index in [-0.39, 0.29) is 11.9 Å². The SMILES string of the molecule is Cc1cccc(Oc2ccc(NC(=O)N3CCC(c4ncn[nH]4)C3)cn2)c1C. The van der Waals surface area contributed by atoms with E-state index in [2.05, 4.69) is 25.5 Å². The summed E-state index contributed by atoms with van der Waals surface area (Å²) in [4.78, 5) is 22.8. The lowest BCUT2D eigenvalue weighted by Crippen LogP contribution is -2.32. The number of aromatic nitrogens is 4. The molecule has 0 radical (unpaired) electrons. The normalized spacial score (nSPS) is 16.2. The zero-order valence-electron chi connectivity index (χ0n) is 15.8. The van der Waals surface area contributed by atoms with Crippen LogP contribution in [0.3, 0.4) is 0 Å². The zero-order valence-corrected chi connectivity index (χ0v) is 15.8. The van der Waals surface area contributed by atoms with Crippen molar-refractivity contribution < 1.29 is 9.53 Å². The number of amides is 2. The van der Waals surface area contributed by atoms with Gasteiger partial charge in [-0.05, 0) is 43.5 Å². The van der Waals surface area contributed by atoms with Crippen LogP contribution in [0.1, 0.15) is 29.3 Å². The summed E-state index contributed by atoms with van der Waals surface area (Å²) in [6.07, 6.45) is 3.96. The van der Waals surface area contributed by atoms with E-state index < -0.39 is 0 Å². The summed E-state index contributed by atoms with van der Waals surface area (Å²) in [6, 6.07) is 9.30. The van der Waals surface area contributed by atoms with Crippen LogP contribution in [0.2, 0.25) is 0 Å². The van der Waals surface area contributed by atoms with Crippen molar-refractivity contribution >= 4 is 11.7 Å². The smallest absolute Gasteiger partial charge is 0.321 e. The maximum atomic E-state index is 12.5. The predicted octanol–water partition coefficient (Wildman–Crippen LogP) is 3.63. The van der Waals surface area contributed by atoms with Crippen LogP contribution < -0.4 is 10.1 Å². The van der Waals surface area contributed by atoms with Crippen molar-refractivity contribution in [3.05, 3.63) is 59.8 Å². The number of aromatic amines is 1. The van der Waals surface area contributed by atoms with Gasteiger partial charge in [0.05, 0.1) is 11.9 Å². The van der Waals surface area contributed by atoms with Gasteiger partial charge in [0.15, 0.2) is 0 Å². The highest BCUT2D eigenvalue weighted by atomic mass is 16.5. The number of nitrogens with zero attached hydrogens (tertiary/aromatic N) is 4. The van der Waals surface area contributed by atoms with Gasteiger partial charge in [0, 0.05) is 25.1 Å². The fourth-order valence-corrected chi connectivity index (χ4v) is 3.24. The first-order chi connectivity index (χ1) is 13.6. The van der Waals surface area contributed by atoms with Crippen molar-refractivity contribution in [2.75, 3.05) is 18.4 Å². The number of ether oxygens (including phenoxy) is 1. The second-order valence-corrected chi connectivity index (χ2v) is 6.92. The van der Waals surface area contributed by atoms with Crippen LogP contribution >= 0.6 is 0 Å². The van der Waals surface area contributed by atoms with Gasteiger partial charge in [0.1, 0.15) is 17.9 Å². The van der Waals surface area contributed by atoms with Crippen LogP contribution in [-0.4, -0.2) is 44.2 Å². The number of likely N-dealkylation sites (tertiary alicyclic amines) is 1. The van der Waals surface area contributed by atoms with E-state index in [1.165, 1.54) is 6.33 Å². The minimum Gasteiger partial charge on any atom is -0.439 e. The van der Waals surface area contributed by atoms with E-state index in [0.29, 0.717) is 24.7 Å². The molecule has 1 fully saturated rings. The maximum Gasteiger partial charge on any atom is 0.321 e. The number of nitrogens with one attached hydrogen (secondary N) is 2. The number of urea groups is 1. The van der Waals surface area contributed by atoms with Crippen LogP contribution in [0.5, 0.6) is 11.6 Å². The van der Waals surface area contributed by atoms with Crippen molar-refractivity contribution in [1.82, 2.24) is 25.1 Å². The van der Waals surface area contributed by atoms with Crippen LogP contribution in [0, 0.1) is 13.8 Å². The molecule has 2 amide bonds. The Morgan fingerprint density at radius 3 is 2.89 bits per heavy atom. The monoisotopic (exact) mass is 378 g/mol. The van der Waals surface area contributed by atoms with Gasteiger partial charge in [0.25, 0.3) is 0 Å². The Balaban J connectivity index is 1.35. The molecule has 8 nitrogen and oxygen atoms in total. The van der Waals surface area contributed by atoms with Crippen molar-refractivity contribution in [1.29, 1.82) is 0 Å². The molecule has 0 saturated carbocycles. The minimum atomic E-state index is -0.146. The molecule has 3 heterocycles. The number of anilines is 1. The standard InChI is InChI=1S/C20H22N6O2/c1-13-4-3-5-17(14(13)2)28-18-7-6-16(10-21-18)24-20(27)26-9-8-15(11-26)19-22-12-23-25-19/h3-7,10,12,15H,8-9,11H2,1-2H3,(H,24,27)(H,22,23,25). The van der Waals surface area contributed by atoms with E-state index in [1.54, 1.807) is 23.2 Å². The molecule has 0 bridgehead atoms. The Hall–Kier alpha value is -3.42. The second kappa shape index (κ2) is 7.67. The average molecular weight is 378 g/mol. The van der Waals surface area contributed by atoms with Gasteiger partial charge in [-0.1, -0.05) is 12.1 Å². The lowest BCUT2D eigenvalue weighted by molar-refractivity contribution is 0.222. The van der Waals surface area contributed by atoms with Gasteiger partial charge in [-0.25, -0.2) is 14.8 Å². The molecule has 1 saturated heterocycles. The van der Waals surface area contributed by atoms with Gasteiger partial charge < -0.3 is 15.0 Å². The van der Waals surface area contributed by atoms with Crippen LogP contribution in [-0.2, 0) is 0 Å².